The van der Waals surface area contributed by atoms with Crippen LogP contribution in [0.15, 0.2) is 55.0 Å². The first-order chi connectivity index (χ1) is 14.0. The van der Waals surface area contributed by atoms with Gasteiger partial charge in [0.05, 0.1) is 17.8 Å². The third-order valence-corrected chi connectivity index (χ3v) is 5.44. The highest BCUT2D eigenvalue weighted by Crippen LogP contribution is 2.25. The van der Waals surface area contributed by atoms with Crippen LogP contribution < -0.4 is 10.6 Å². The Morgan fingerprint density at radius 1 is 1.10 bits per heavy atom. The van der Waals surface area contributed by atoms with Gasteiger partial charge in [0.15, 0.2) is 0 Å². The minimum atomic E-state index is -0.177. The minimum Gasteiger partial charge on any atom is -0.362 e. The summed E-state index contributed by atoms with van der Waals surface area (Å²) in [4.78, 5) is 27.8. The highest BCUT2D eigenvalue weighted by Gasteiger charge is 2.11. The molecule has 0 aliphatic heterocycles. The van der Waals surface area contributed by atoms with Gasteiger partial charge in [0.25, 0.3) is 5.91 Å². The lowest BCUT2D eigenvalue weighted by atomic mass is 10.1. The van der Waals surface area contributed by atoms with Crippen LogP contribution >= 0.6 is 11.3 Å². The van der Waals surface area contributed by atoms with Crippen LogP contribution in [-0.4, -0.2) is 20.9 Å². The summed E-state index contributed by atoms with van der Waals surface area (Å²) < 4.78 is 0. The van der Waals surface area contributed by atoms with Gasteiger partial charge in [0.1, 0.15) is 16.2 Å². The monoisotopic (exact) mass is 403 g/mol. The summed E-state index contributed by atoms with van der Waals surface area (Å²) in [6, 6.07) is 11.6. The Bertz CT molecular complexity index is 1190. The molecule has 1 aromatic carbocycles. The molecule has 0 aliphatic rings. The third kappa shape index (κ3) is 4.41. The number of nitrogens with one attached hydrogen (secondary N) is 2. The topological polar surface area (TPSA) is 79.8 Å². The van der Waals surface area contributed by atoms with Crippen molar-refractivity contribution in [3.63, 3.8) is 0 Å². The zero-order chi connectivity index (χ0) is 20.4. The van der Waals surface area contributed by atoms with Crippen LogP contribution in [0.3, 0.4) is 0 Å². The van der Waals surface area contributed by atoms with Crippen molar-refractivity contribution in [3.8, 4) is 0 Å². The number of carbonyl (C=O) groups is 1. The molecule has 3 heterocycles. The van der Waals surface area contributed by atoms with E-state index in [2.05, 4.69) is 39.4 Å². The van der Waals surface area contributed by atoms with Crippen LogP contribution in [0.2, 0.25) is 0 Å². The Balaban J connectivity index is 1.48. The predicted octanol–water partition coefficient (Wildman–Crippen LogP) is 5.13. The van der Waals surface area contributed by atoms with Crippen LogP contribution in [0.4, 0.5) is 11.5 Å². The van der Waals surface area contributed by atoms with E-state index in [0.717, 1.165) is 33.0 Å². The number of rotatable bonds is 5. The average Bonchev–Trinajstić information content (AvgIpc) is 3.07. The van der Waals surface area contributed by atoms with Crippen LogP contribution in [-0.2, 0) is 0 Å². The van der Waals surface area contributed by atoms with Gasteiger partial charge in [-0.15, -0.1) is 11.3 Å². The highest BCUT2D eigenvalue weighted by atomic mass is 32.1. The Morgan fingerprint density at radius 2 is 1.97 bits per heavy atom. The van der Waals surface area contributed by atoms with E-state index in [9.17, 15) is 4.79 Å². The van der Waals surface area contributed by atoms with E-state index < -0.39 is 0 Å². The zero-order valence-electron chi connectivity index (χ0n) is 16.4. The standard InChI is InChI=1S/C22H21N5OS/c1-13-7-17(11-23-10-13)21(28)26-18-6-4-5-16(9-18)15(3)25-20-12-24-19-8-14(2)29-22(19)27-20/h4-12,15H,1-3H3,(H,25,27)(H,26,28)/t15-/m0/s1. The Labute approximate surface area is 173 Å². The van der Waals surface area contributed by atoms with Crippen LogP contribution in [0.5, 0.6) is 0 Å². The van der Waals surface area contributed by atoms with Crippen molar-refractivity contribution in [1.29, 1.82) is 0 Å². The summed E-state index contributed by atoms with van der Waals surface area (Å²) in [5, 5.41) is 6.33. The Hall–Kier alpha value is -3.32. The molecular formula is C22H21N5OS. The van der Waals surface area contributed by atoms with Crippen molar-refractivity contribution in [1.82, 2.24) is 15.0 Å². The summed E-state index contributed by atoms with van der Waals surface area (Å²) in [6.45, 7) is 6.02. The molecule has 0 bridgehead atoms. The summed E-state index contributed by atoms with van der Waals surface area (Å²) in [6.07, 6.45) is 5.04. The number of benzene rings is 1. The van der Waals surface area contributed by atoms with Gasteiger partial charge < -0.3 is 10.6 Å². The lowest BCUT2D eigenvalue weighted by Crippen LogP contribution is -2.13. The summed E-state index contributed by atoms with van der Waals surface area (Å²) in [5.74, 6) is 0.551. The Morgan fingerprint density at radius 3 is 2.79 bits per heavy atom. The first-order valence-electron chi connectivity index (χ1n) is 9.30. The number of nitrogens with zero attached hydrogens (tertiary/aromatic N) is 3. The molecule has 4 aromatic rings. The van der Waals surface area contributed by atoms with Crippen molar-refractivity contribution >= 4 is 39.1 Å². The third-order valence-electron chi connectivity index (χ3n) is 4.51. The van der Waals surface area contributed by atoms with E-state index in [4.69, 9.17) is 0 Å². The second-order valence-electron chi connectivity index (χ2n) is 7.00. The molecule has 4 rings (SSSR count). The number of aromatic nitrogens is 3. The number of fused-ring (bicyclic) bond motifs is 1. The molecule has 6 nitrogen and oxygen atoms in total. The maximum atomic E-state index is 12.5. The van der Waals surface area contributed by atoms with Gasteiger partial charge in [0.2, 0.25) is 0 Å². The zero-order valence-corrected chi connectivity index (χ0v) is 17.2. The predicted molar refractivity (Wildman–Crippen MR) is 118 cm³/mol. The molecule has 0 fully saturated rings. The molecule has 0 aliphatic carbocycles. The van der Waals surface area contributed by atoms with E-state index in [0.29, 0.717) is 5.56 Å². The largest absolute Gasteiger partial charge is 0.362 e. The van der Waals surface area contributed by atoms with E-state index in [1.54, 1.807) is 29.9 Å². The van der Waals surface area contributed by atoms with E-state index in [1.165, 1.54) is 4.88 Å². The molecular weight excluding hydrogens is 382 g/mol. The lowest BCUT2D eigenvalue weighted by molar-refractivity contribution is 0.102. The first kappa shape index (κ1) is 19.0. The molecule has 7 heteroatoms. The maximum absolute atomic E-state index is 12.5. The fourth-order valence-electron chi connectivity index (χ4n) is 3.07. The highest BCUT2D eigenvalue weighted by molar-refractivity contribution is 7.18. The molecule has 29 heavy (non-hydrogen) atoms. The quantitative estimate of drug-likeness (QED) is 0.483. The lowest BCUT2D eigenvalue weighted by Gasteiger charge is -2.16. The molecule has 0 saturated heterocycles. The van der Waals surface area contributed by atoms with Crippen LogP contribution in [0.25, 0.3) is 10.3 Å². The molecule has 0 unspecified atom stereocenters. The van der Waals surface area contributed by atoms with Crippen molar-refractivity contribution < 1.29 is 4.79 Å². The molecule has 2 N–H and O–H groups in total. The average molecular weight is 404 g/mol. The molecule has 146 valence electrons. The first-order valence-corrected chi connectivity index (χ1v) is 10.1. The number of amides is 1. The normalized spacial score (nSPS) is 12.0. The van der Waals surface area contributed by atoms with E-state index in [1.807, 2.05) is 43.3 Å². The number of carbonyl (C=O) groups excluding carboxylic acids is 1. The van der Waals surface area contributed by atoms with Gasteiger partial charge >= 0.3 is 0 Å². The van der Waals surface area contributed by atoms with Crippen molar-refractivity contribution in [2.45, 2.75) is 26.8 Å². The van der Waals surface area contributed by atoms with Gasteiger partial charge in [-0.25, -0.2) is 9.97 Å². The number of anilines is 2. The summed E-state index contributed by atoms with van der Waals surface area (Å²) >= 11 is 1.63. The molecule has 0 saturated carbocycles. The summed E-state index contributed by atoms with van der Waals surface area (Å²) in [7, 11) is 0. The molecule has 1 atom stereocenters. The van der Waals surface area contributed by atoms with Crippen molar-refractivity contribution in [3.05, 3.63) is 76.6 Å². The van der Waals surface area contributed by atoms with Gasteiger partial charge in [0, 0.05) is 23.0 Å². The van der Waals surface area contributed by atoms with Gasteiger partial charge in [-0.2, -0.15) is 0 Å². The molecule has 3 aromatic heterocycles. The number of pyridine rings is 1. The smallest absolute Gasteiger partial charge is 0.257 e. The molecule has 1 amide bonds. The Kier molecular flexibility index (Phi) is 5.22. The maximum Gasteiger partial charge on any atom is 0.257 e. The number of hydrogen-bond acceptors (Lipinski definition) is 6. The van der Waals surface area contributed by atoms with E-state index >= 15 is 0 Å². The number of thiophene rings is 1. The fraction of sp³-hybridized carbons (Fsp3) is 0.182. The van der Waals surface area contributed by atoms with Crippen molar-refractivity contribution in [2.24, 2.45) is 0 Å². The number of hydrogen-bond donors (Lipinski definition) is 2. The van der Waals surface area contributed by atoms with Gasteiger partial charge in [-0.3, -0.25) is 9.78 Å². The fourth-order valence-corrected chi connectivity index (χ4v) is 3.91. The second kappa shape index (κ2) is 7.97. The van der Waals surface area contributed by atoms with Crippen LogP contribution in [0, 0.1) is 13.8 Å². The van der Waals surface area contributed by atoms with Crippen LogP contribution in [0.1, 0.15) is 39.3 Å². The SMILES string of the molecule is Cc1cncc(C(=O)Nc2cccc([C@H](C)Nc3cnc4cc(C)sc4n3)c2)c1. The van der Waals surface area contributed by atoms with Gasteiger partial charge in [-0.1, -0.05) is 12.1 Å². The van der Waals surface area contributed by atoms with Gasteiger partial charge in [-0.05, 0) is 56.2 Å². The van der Waals surface area contributed by atoms with Crippen molar-refractivity contribution in [2.75, 3.05) is 10.6 Å². The summed E-state index contributed by atoms with van der Waals surface area (Å²) in [5.41, 5.74) is 4.17. The minimum absolute atomic E-state index is 0.000276. The number of aryl methyl sites for hydroxylation is 2. The molecule has 0 radical (unpaired) electrons. The molecule has 0 spiro atoms. The van der Waals surface area contributed by atoms with E-state index in [-0.39, 0.29) is 11.9 Å². The second-order valence-corrected chi connectivity index (χ2v) is 8.23.